The number of ether oxygens (including phenoxy) is 2. The van der Waals surface area contributed by atoms with Crippen molar-refractivity contribution in [2.24, 2.45) is 0 Å². The van der Waals surface area contributed by atoms with Gasteiger partial charge < -0.3 is 14.8 Å². The minimum absolute atomic E-state index is 0.00958. The van der Waals surface area contributed by atoms with Crippen LogP contribution in [-0.4, -0.2) is 40.7 Å². The van der Waals surface area contributed by atoms with Crippen LogP contribution in [0.2, 0.25) is 0 Å². The summed E-state index contributed by atoms with van der Waals surface area (Å²) in [7, 11) is 3.10. The van der Waals surface area contributed by atoms with E-state index in [4.69, 9.17) is 9.47 Å². The smallest absolute Gasteiger partial charge is 0.268 e. The standard InChI is InChI=1S/C19H23N3O4S2/c1-5-22-18(24)17-13(8-11(2)28-17)21-19(22)27-10-16(23)20-12-6-7-14(25-3)15(9-12)26-4/h6-7,9,11H,5,8,10H2,1-4H3,(H,20,23). The molecule has 0 aliphatic carbocycles. The second kappa shape index (κ2) is 8.91. The zero-order chi connectivity index (χ0) is 20.3. The minimum atomic E-state index is -0.183. The van der Waals surface area contributed by atoms with Crippen LogP contribution in [0.25, 0.3) is 0 Å². The van der Waals surface area contributed by atoms with Crippen LogP contribution in [0.4, 0.5) is 5.69 Å². The van der Waals surface area contributed by atoms with Crippen LogP contribution in [0.1, 0.15) is 19.5 Å². The normalized spacial score (nSPS) is 15.2. The first kappa shape index (κ1) is 20.6. The Kier molecular flexibility index (Phi) is 6.56. The molecule has 3 rings (SSSR count). The fourth-order valence-corrected chi connectivity index (χ4v) is 4.96. The number of carbonyl (C=O) groups excluding carboxylic acids is 1. The van der Waals surface area contributed by atoms with Gasteiger partial charge in [-0.1, -0.05) is 18.7 Å². The zero-order valence-corrected chi connectivity index (χ0v) is 17.9. The van der Waals surface area contributed by atoms with Gasteiger partial charge in [-0.05, 0) is 19.1 Å². The van der Waals surface area contributed by atoms with E-state index in [0.29, 0.717) is 34.1 Å². The first-order chi connectivity index (χ1) is 13.5. The van der Waals surface area contributed by atoms with E-state index < -0.39 is 0 Å². The molecule has 2 aromatic rings. The molecular weight excluding hydrogens is 398 g/mol. The number of carbonyl (C=O) groups is 1. The van der Waals surface area contributed by atoms with E-state index >= 15 is 0 Å². The summed E-state index contributed by atoms with van der Waals surface area (Å²) in [6.07, 6.45) is 0.783. The third-order valence-electron chi connectivity index (χ3n) is 4.28. The van der Waals surface area contributed by atoms with E-state index in [1.807, 2.05) is 6.92 Å². The summed E-state index contributed by atoms with van der Waals surface area (Å²) in [5.74, 6) is 1.11. The molecule has 0 saturated heterocycles. The Hall–Kier alpha value is -2.13. The third kappa shape index (κ3) is 4.30. The van der Waals surface area contributed by atoms with E-state index in [2.05, 4.69) is 17.2 Å². The van der Waals surface area contributed by atoms with E-state index in [1.54, 1.807) is 48.7 Å². The number of benzene rings is 1. The lowest BCUT2D eigenvalue weighted by atomic mass is 10.2. The lowest BCUT2D eigenvalue weighted by Gasteiger charge is -2.12. The number of hydrogen-bond acceptors (Lipinski definition) is 7. The highest BCUT2D eigenvalue weighted by molar-refractivity contribution is 8.00. The van der Waals surface area contributed by atoms with Gasteiger partial charge >= 0.3 is 0 Å². The van der Waals surface area contributed by atoms with Crippen LogP contribution >= 0.6 is 23.5 Å². The van der Waals surface area contributed by atoms with Crippen molar-refractivity contribution in [2.75, 3.05) is 25.3 Å². The summed E-state index contributed by atoms with van der Waals surface area (Å²) < 4.78 is 12.1. The van der Waals surface area contributed by atoms with E-state index in [1.165, 1.54) is 11.8 Å². The molecule has 1 atom stereocenters. The topological polar surface area (TPSA) is 82.5 Å². The molecule has 1 amide bonds. The van der Waals surface area contributed by atoms with Crippen molar-refractivity contribution in [1.29, 1.82) is 0 Å². The quantitative estimate of drug-likeness (QED) is 0.543. The van der Waals surface area contributed by atoms with Crippen LogP contribution in [0.5, 0.6) is 11.5 Å². The summed E-state index contributed by atoms with van der Waals surface area (Å²) in [6, 6.07) is 5.19. The number of aromatic nitrogens is 2. The van der Waals surface area contributed by atoms with Crippen LogP contribution < -0.4 is 20.3 Å². The highest BCUT2D eigenvalue weighted by Gasteiger charge is 2.26. The van der Waals surface area contributed by atoms with Gasteiger partial charge in [-0.15, -0.1) is 11.8 Å². The van der Waals surface area contributed by atoms with Gasteiger partial charge in [0, 0.05) is 30.0 Å². The van der Waals surface area contributed by atoms with Crippen molar-refractivity contribution in [3.8, 4) is 11.5 Å². The van der Waals surface area contributed by atoms with Crippen LogP contribution in [-0.2, 0) is 17.8 Å². The molecular formula is C19H23N3O4S2. The van der Waals surface area contributed by atoms with E-state index in [0.717, 1.165) is 17.0 Å². The molecule has 150 valence electrons. The Labute approximate surface area is 172 Å². The summed E-state index contributed by atoms with van der Waals surface area (Å²) in [5.41, 5.74) is 1.45. The molecule has 28 heavy (non-hydrogen) atoms. The molecule has 9 heteroatoms. The Morgan fingerprint density at radius 2 is 2.11 bits per heavy atom. The molecule has 1 aromatic carbocycles. The summed E-state index contributed by atoms with van der Waals surface area (Å²) in [4.78, 5) is 30.5. The van der Waals surface area contributed by atoms with Crippen LogP contribution in [0.3, 0.4) is 0 Å². The lowest BCUT2D eigenvalue weighted by Crippen LogP contribution is -2.25. The number of hydrogen-bond donors (Lipinski definition) is 1. The van der Waals surface area contributed by atoms with Crippen molar-refractivity contribution >= 4 is 35.1 Å². The number of amides is 1. The van der Waals surface area contributed by atoms with Gasteiger partial charge in [0.1, 0.15) is 0 Å². The number of anilines is 1. The van der Waals surface area contributed by atoms with Crippen molar-refractivity contribution < 1.29 is 14.3 Å². The van der Waals surface area contributed by atoms with E-state index in [9.17, 15) is 9.59 Å². The molecule has 1 N–H and O–H groups in total. The van der Waals surface area contributed by atoms with Gasteiger partial charge in [-0.25, -0.2) is 4.98 Å². The molecule has 7 nitrogen and oxygen atoms in total. The lowest BCUT2D eigenvalue weighted by molar-refractivity contribution is -0.113. The highest BCUT2D eigenvalue weighted by Crippen LogP contribution is 2.34. The Morgan fingerprint density at radius 3 is 2.79 bits per heavy atom. The summed E-state index contributed by atoms with van der Waals surface area (Å²) in [6.45, 7) is 4.52. The Balaban J connectivity index is 1.71. The SMILES string of the molecule is CCn1c(SCC(=O)Nc2ccc(OC)c(OC)c2)nc2c(c1=O)SC(C)C2. The van der Waals surface area contributed by atoms with Crippen molar-refractivity contribution in [2.45, 2.75) is 42.1 Å². The van der Waals surface area contributed by atoms with Crippen LogP contribution in [0.15, 0.2) is 33.0 Å². The second-order valence-electron chi connectivity index (χ2n) is 6.26. The number of fused-ring (bicyclic) bond motifs is 1. The maximum Gasteiger partial charge on any atom is 0.268 e. The predicted octanol–water partition coefficient (Wildman–Crippen LogP) is 3.05. The molecule has 1 unspecified atom stereocenters. The number of thioether (sulfide) groups is 2. The van der Waals surface area contributed by atoms with Gasteiger partial charge in [0.2, 0.25) is 5.91 Å². The molecule has 2 heterocycles. The summed E-state index contributed by atoms with van der Waals surface area (Å²) >= 11 is 2.85. The number of rotatable bonds is 7. The Bertz CT molecular complexity index is 946. The average molecular weight is 422 g/mol. The van der Waals surface area contributed by atoms with Gasteiger partial charge in [0.05, 0.1) is 30.6 Å². The number of nitrogens with zero attached hydrogens (tertiary/aromatic N) is 2. The van der Waals surface area contributed by atoms with Gasteiger partial charge in [0.25, 0.3) is 5.56 Å². The molecule has 0 saturated carbocycles. The van der Waals surface area contributed by atoms with Crippen molar-refractivity contribution in [3.63, 3.8) is 0 Å². The largest absolute Gasteiger partial charge is 0.493 e. The van der Waals surface area contributed by atoms with Crippen molar-refractivity contribution in [3.05, 3.63) is 34.2 Å². The maximum absolute atomic E-state index is 12.7. The first-order valence-corrected chi connectivity index (χ1v) is 10.8. The molecule has 1 aliphatic rings. The Morgan fingerprint density at radius 1 is 1.36 bits per heavy atom. The minimum Gasteiger partial charge on any atom is -0.493 e. The third-order valence-corrected chi connectivity index (χ3v) is 6.47. The molecule has 0 bridgehead atoms. The van der Waals surface area contributed by atoms with Gasteiger partial charge in [0.15, 0.2) is 16.7 Å². The molecule has 0 radical (unpaired) electrons. The number of nitrogens with one attached hydrogen (secondary N) is 1. The fraction of sp³-hybridized carbons (Fsp3) is 0.421. The van der Waals surface area contributed by atoms with E-state index in [-0.39, 0.29) is 17.2 Å². The van der Waals surface area contributed by atoms with Gasteiger partial charge in [-0.3, -0.25) is 14.2 Å². The monoisotopic (exact) mass is 421 g/mol. The van der Waals surface area contributed by atoms with Gasteiger partial charge in [-0.2, -0.15) is 0 Å². The molecule has 0 fully saturated rings. The molecule has 1 aliphatic heterocycles. The average Bonchev–Trinajstić information content (AvgIpc) is 3.07. The number of methoxy groups -OCH3 is 2. The fourth-order valence-electron chi connectivity index (χ4n) is 2.96. The molecule has 1 aromatic heterocycles. The van der Waals surface area contributed by atoms with Crippen LogP contribution in [0, 0.1) is 0 Å². The highest BCUT2D eigenvalue weighted by atomic mass is 32.2. The predicted molar refractivity (Wildman–Crippen MR) is 112 cm³/mol. The summed E-state index contributed by atoms with van der Waals surface area (Å²) in [5, 5.41) is 3.78. The van der Waals surface area contributed by atoms with Crippen molar-refractivity contribution in [1.82, 2.24) is 9.55 Å². The molecule has 0 spiro atoms. The second-order valence-corrected chi connectivity index (χ2v) is 8.65. The first-order valence-electron chi connectivity index (χ1n) is 8.91. The maximum atomic E-state index is 12.7. The zero-order valence-electron chi connectivity index (χ0n) is 16.3.